The molecule has 0 saturated carbocycles. The summed E-state index contributed by atoms with van der Waals surface area (Å²) in [6, 6.07) is 4.70. The van der Waals surface area contributed by atoms with Crippen LogP contribution in [0.2, 0.25) is 0 Å². The van der Waals surface area contributed by atoms with Crippen molar-refractivity contribution in [3.8, 4) is 5.75 Å². The van der Waals surface area contributed by atoms with Crippen molar-refractivity contribution in [2.75, 3.05) is 13.2 Å². The average Bonchev–Trinajstić information content (AvgIpc) is 2.25. The zero-order chi connectivity index (χ0) is 14.5. The average molecular weight is 381 g/mol. The molecule has 0 aliphatic rings. The molecule has 4 nitrogen and oxygen atoms in total. The normalized spacial score (nSPS) is 11.0. The molecule has 19 heavy (non-hydrogen) atoms. The number of benzene rings is 1. The highest BCUT2D eigenvalue weighted by Gasteiger charge is 2.15. The molecular formula is C13H17FINO3. The van der Waals surface area contributed by atoms with Gasteiger partial charge in [-0.05, 0) is 55.5 Å². The summed E-state index contributed by atoms with van der Waals surface area (Å²) < 4.78 is 24.5. The van der Waals surface area contributed by atoms with Gasteiger partial charge < -0.3 is 14.8 Å². The second-order valence-corrected chi connectivity index (χ2v) is 5.99. The van der Waals surface area contributed by atoms with Gasteiger partial charge in [0.15, 0.2) is 11.6 Å². The maximum absolute atomic E-state index is 13.4. The minimum absolute atomic E-state index is 0.177. The first-order chi connectivity index (χ1) is 8.79. The number of hydrogen-bond acceptors (Lipinski definition) is 3. The summed E-state index contributed by atoms with van der Waals surface area (Å²) in [6.45, 7) is 5.77. The number of nitrogens with one attached hydrogen (secondary N) is 1. The number of hydrogen-bond donors (Lipinski definition) is 1. The summed E-state index contributed by atoms with van der Waals surface area (Å²) in [5, 5.41) is 2.54. The van der Waals surface area contributed by atoms with Crippen LogP contribution in [0.15, 0.2) is 18.2 Å². The van der Waals surface area contributed by atoms with Crippen molar-refractivity contribution in [3.63, 3.8) is 0 Å². The molecule has 0 fully saturated rings. The van der Waals surface area contributed by atoms with E-state index in [4.69, 9.17) is 9.47 Å². The maximum atomic E-state index is 13.4. The largest absolute Gasteiger partial charge is 0.488 e. The molecule has 1 amide bonds. The summed E-state index contributed by atoms with van der Waals surface area (Å²) in [5.41, 5.74) is -0.536. The van der Waals surface area contributed by atoms with E-state index in [-0.39, 0.29) is 18.9 Å². The number of halogens is 2. The monoisotopic (exact) mass is 381 g/mol. The van der Waals surface area contributed by atoms with Gasteiger partial charge in [-0.2, -0.15) is 0 Å². The first-order valence-corrected chi connectivity index (χ1v) is 6.91. The molecule has 0 radical (unpaired) electrons. The van der Waals surface area contributed by atoms with Gasteiger partial charge in [0.05, 0.1) is 10.1 Å². The zero-order valence-electron chi connectivity index (χ0n) is 11.1. The molecule has 0 aliphatic carbocycles. The van der Waals surface area contributed by atoms with Crippen molar-refractivity contribution in [2.45, 2.75) is 26.4 Å². The third kappa shape index (κ3) is 6.09. The van der Waals surface area contributed by atoms with E-state index in [0.717, 1.165) is 0 Å². The minimum Gasteiger partial charge on any atom is -0.488 e. The minimum atomic E-state index is -0.536. The maximum Gasteiger partial charge on any atom is 0.407 e. The van der Waals surface area contributed by atoms with E-state index >= 15 is 0 Å². The Balaban J connectivity index is 2.34. The quantitative estimate of drug-likeness (QED) is 0.643. The Kier molecular flexibility index (Phi) is 5.84. The third-order valence-electron chi connectivity index (χ3n) is 1.94. The number of carbonyl (C=O) groups excluding carboxylic acids is 1. The molecule has 0 saturated heterocycles. The van der Waals surface area contributed by atoms with Crippen molar-refractivity contribution in [2.24, 2.45) is 0 Å². The van der Waals surface area contributed by atoms with Gasteiger partial charge in [-0.1, -0.05) is 6.07 Å². The predicted octanol–water partition coefficient (Wildman–Crippen LogP) is 3.33. The highest BCUT2D eigenvalue weighted by atomic mass is 127. The number of ether oxygens (including phenoxy) is 2. The molecule has 0 bridgehead atoms. The molecular weight excluding hydrogens is 364 g/mol. The van der Waals surface area contributed by atoms with Crippen LogP contribution in [0.1, 0.15) is 20.8 Å². The van der Waals surface area contributed by atoms with Crippen LogP contribution in [0.5, 0.6) is 5.75 Å². The van der Waals surface area contributed by atoms with Gasteiger partial charge in [-0.3, -0.25) is 0 Å². The summed E-state index contributed by atoms with van der Waals surface area (Å²) in [7, 11) is 0. The number of carbonyl (C=O) groups is 1. The van der Waals surface area contributed by atoms with Crippen LogP contribution in [-0.4, -0.2) is 24.8 Å². The molecule has 0 aromatic heterocycles. The molecule has 0 atom stereocenters. The number of rotatable bonds is 4. The van der Waals surface area contributed by atoms with Gasteiger partial charge in [0.2, 0.25) is 0 Å². The molecule has 1 aromatic rings. The molecule has 6 heteroatoms. The van der Waals surface area contributed by atoms with Crippen molar-refractivity contribution < 1.29 is 18.7 Å². The molecule has 0 spiro atoms. The van der Waals surface area contributed by atoms with Gasteiger partial charge in [0.1, 0.15) is 12.2 Å². The fraction of sp³-hybridized carbons (Fsp3) is 0.462. The van der Waals surface area contributed by atoms with E-state index in [1.54, 1.807) is 32.9 Å². The van der Waals surface area contributed by atoms with E-state index in [9.17, 15) is 9.18 Å². The van der Waals surface area contributed by atoms with Crippen LogP contribution in [0.4, 0.5) is 9.18 Å². The second-order valence-electron chi connectivity index (χ2n) is 4.83. The molecule has 0 unspecified atom stereocenters. The van der Waals surface area contributed by atoms with E-state index in [0.29, 0.717) is 3.57 Å². The SMILES string of the molecule is CC(C)(C)OC(=O)NCCOc1c(F)cccc1I. The lowest BCUT2D eigenvalue weighted by molar-refractivity contribution is 0.0520. The van der Waals surface area contributed by atoms with Gasteiger partial charge in [0, 0.05) is 0 Å². The summed E-state index contributed by atoms with van der Waals surface area (Å²) in [5.74, 6) is -0.210. The smallest absolute Gasteiger partial charge is 0.407 e. The van der Waals surface area contributed by atoms with Crippen LogP contribution in [0, 0.1) is 9.39 Å². The molecule has 0 aliphatic heterocycles. The molecule has 0 heterocycles. The van der Waals surface area contributed by atoms with Gasteiger partial charge >= 0.3 is 6.09 Å². The summed E-state index contributed by atoms with van der Waals surface area (Å²) >= 11 is 1.99. The molecule has 1 rings (SSSR count). The fourth-order valence-corrected chi connectivity index (χ4v) is 1.86. The predicted molar refractivity (Wildman–Crippen MR) is 78.8 cm³/mol. The van der Waals surface area contributed by atoms with Crippen molar-refractivity contribution >= 4 is 28.7 Å². The molecule has 1 aromatic carbocycles. The van der Waals surface area contributed by atoms with Gasteiger partial charge in [-0.15, -0.1) is 0 Å². The van der Waals surface area contributed by atoms with Crippen molar-refractivity contribution in [1.29, 1.82) is 0 Å². The summed E-state index contributed by atoms with van der Waals surface area (Å²) in [6.07, 6.45) is -0.515. The first kappa shape index (κ1) is 16.0. The lowest BCUT2D eigenvalue weighted by atomic mass is 10.2. The Bertz CT molecular complexity index is 426. The second kappa shape index (κ2) is 6.93. The summed E-state index contributed by atoms with van der Waals surface area (Å²) in [4.78, 5) is 11.3. The standard InChI is InChI=1S/C13H17FINO3/c1-13(2,3)19-12(17)16-7-8-18-11-9(14)5-4-6-10(11)15/h4-6H,7-8H2,1-3H3,(H,16,17). The van der Waals surface area contributed by atoms with Gasteiger partial charge in [0.25, 0.3) is 0 Å². The van der Waals surface area contributed by atoms with Crippen LogP contribution in [-0.2, 0) is 4.74 Å². The van der Waals surface area contributed by atoms with E-state index < -0.39 is 17.5 Å². The Labute approximate surface area is 125 Å². The lowest BCUT2D eigenvalue weighted by Gasteiger charge is -2.19. The Morgan fingerprint density at radius 1 is 1.42 bits per heavy atom. The number of amides is 1. The van der Waals surface area contributed by atoms with Crippen molar-refractivity contribution in [3.05, 3.63) is 27.6 Å². The first-order valence-electron chi connectivity index (χ1n) is 5.83. The Morgan fingerprint density at radius 2 is 2.11 bits per heavy atom. The topological polar surface area (TPSA) is 47.6 Å². The number of para-hydroxylation sites is 1. The Hall–Kier alpha value is -1.05. The molecule has 106 valence electrons. The van der Waals surface area contributed by atoms with Crippen LogP contribution < -0.4 is 10.1 Å². The van der Waals surface area contributed by atoms with E-state index in [1.807, 2.05) is 22.6 Å². The van der Waals surface area contributed by atoms with Crippen LogP contribution in [0.3, 0.4) is 0 Å². The van der Waals surface area contributed by atoms with Gasteiger partial charge in [-0.25, -0.2) is 9.18 Å². The highest BCUT2D eigenvalue weighted by Crippen LogP contribution is 2.23. The zero-order valence-corrected chi connectivity index (χ0v) is 13.3. The third-order valence-corrected chi connectivity index (χ3v) is 2.79. The highest BCUT2D eigenvalue weighted by molar-refractivity contribution is 14.1. The van der Waals surface area contributed by atoms with Crippen molar-refractivity contribution in [1.82, 2.24) is 5.32 Å². The van der Waals surface area contributed by atoms with E-state index in [2.05, 4.69) is 5.32 Å². The molecule has 1 N–H and O–H groups in total. The number of alkyl carbamates (subject to hydrolysis) is 1. The lowest BCUT2D eigenvalue weighted by Crippen LogP contribution is -2.34. The van der Waals surface area contributed by atoms with Crippen LogP contribution >= 0.6 is 22.6 Å². The fourth-order valence-electron chi connectivity index (χ4n) is 1.24. The van der Waals surface area contributed by atoms with E-state index in [1.165, 1.54) is 6.07 Å². The van der Waals surface area contributed by atoms with Crippen LogP contribution in [0.25, 0.3) is 0 Å². The Morgan fingerprint density at radius 3 is 2.68 bits per heavy atom.